The molecule has 0 radical (unpaired) electrons. The summed E-state index contributed by atoms with van der Waals surface area (Å²) in [7, 11) is 0. The Hall–Kier alpha value is -3.91. The van der Waals surface area contributed by atoms with Crippen molar-refractivity contribution in [3.63, 3.8) is 0 Å². The molecule has 316 valence electrons. The number of carboxylic acids is 3. The summed E-state index contributed by atoms with van der Waals surface area (Å²) in [5, 5.41) is 36.5. The van der Waals surface area contributed by atoms with E-state index in [2.05, 4.69) is 29.7 Å². The van der Waals surface area contributed by atoms with E-state index in [0.29, 0.717) is 55.5 Å². The average Bonchev–Trinajstić information content (AvgIpc) is 3.16. The molecule has 2 aromatic rings. The first-order valence-electron chi connectivity index (χ1n) is 21.2. The van der Waals surface area contributed by atoms with Crippen molar-refractivity contribution >= 4 is 40.9 Å². The molecule has 0 saturated heterocycles. The van der Waals surface area contributed by atoms with E-state index in [9.17, 15) is 29.7 Å². The van der Waals surface area contributed by atoms with Gasteiger partial charge in [0.25, 0.3) is 0 Å². The quantitative estimate of drug-likeness (QED) is 0.0360. The monoisotopic (exact) mass is 808 g/mol. The largest absolute Gasteiger partial charge is 0.480 e. The summed E-state index contributed by atoms with van der Waals surface area (Å²) < 4.78 is 0. The Bertz CT molecular complexity index is 1510. The smallest absolute Gasteiger partial charge is 0.320 e. The number of carbonyl (C=O) groups is 3. The van der Waals surface area contributed by atoms with Crippen LogP contribution in [0.5, 0.6) is 0 Å². The molecule has 0 spiro atoms. The molecule has 0 aliphatic carbocycles. The van der Waals surface area contributed by atoms with Crippen LogP contribution in [0.3, 0.4) is 0 Å². The van der Waals surface area contributed by atoms with Crippen LogP contribution < -0.4 is 10.6 Å². The Labute approximate surface area is 346 Å². The summed E-state index contributed by atoms with van der Waals surface area (Å²) in [5.41, 5.74) is 3.21. The molecule has 0 amide bonds. The fraction of sp³-hybridized carbons (Fsp3) is 0.614. The van der Waals surface area contributed by atoms with Gasteiger partial charge < -0.3 is 26.0 Å². The number of fused-ring (bicyclic) bond motifs is 2. The van der Waals surface area contributed by atoms with Gasteiger partial charge >= 0.3 is 17.9 Å². The van der Waals surface area contributed by atoms with Crippen molar-refractivity contribution in [3.05, 3.63) is 71.6 Å². The number of rotatable bonds is 26. The van der Waals surface area contributed by atoms with Gasteiger partial charge in [0.05, 0.1) is 24.5 Å². The molecule has 1 aliphatic heterocycles. The molecule has 1 aliphatic rings. The molecule has 5 N–H and O–H groups in total. The lowest BCUT2D eigenvalue weighted by Gasteiger charge is -2.33. The van der Waals surface area contributed by atoms with Gasteiger partial charge in [0, 0.05) is 51.5 Å². The molecule has 1 aromatic carbocycles. The lowest BCUT2D eigenvalue weighted by molar-refractivity contribution is -0.144. The van der Waals surface area contributed by atoms with E-state index in [1.165, 1.54) is 83.5 Å². The van der Waals surface area contributed by atoms with Gasteiger partial charge in [0.1, 0.15) is 6.04 Å². The summed E-state index contributed by atoms with van der Waals surface area (Å²) in [6.45, 7) is 4.48. The third-order valence-corrected chi connectivity index (χ3v) is 10.6. The Balaban J connectivity index is 1.41. The summed E-state index contributed by atoms with van der Waals surface area (Å²) in [4.78, 5) is 45.9. The maximum absolute atomic E-state index is 12.7. The van der Waals surface area contributed by atoms with Gasteiger partial charge in [0.15, 0.2) is 5.11 Å². The summed E-state index contributed by atoms with van der Waals surface area (Å²) >= 11 is 5.53. The van der Waals surface area contributed by atoms with Crippen molar-refractivity contribution in [1.29, 1.82) is 0 Å². The first-order valence-corrected chi connectivity index (χ1v) is 21.6. The number of aromatic nitrogens is 1. The highest BCUT2D eigenvalue weighted by atomic mass is 32.1. The molecule has 2 heterocycles. The standard InChI is InChI=1S/C44H68N6O6S/c1-2-3-4-5-6-7-8-9-10-11-12-13-14-15-16-17-27-45-44(57)47-37-24-21-36(22-25-37)23-26-40(43(55)56)50-31-30-48(34-41(51)52)28-29-49(35-42(53)54)32-38-19-18-20-39(33-50)46-38/h9-10,18-22,24-25,40H,2-8,11-17,23,26-35H2,1H3,(H,51,52)(H,53,54)(H,55,56)(H2,45,47,57). The van der Waals surface area contributed by atoms with Crippen LogP contribution in [-0.4, -0.2) is 110 Å². The Kier molecular flexibility index (Phi) is 23.7. The van der Waals surface area contributed by atoms with Gasteiger partial charge in [-0.2, -0.15) is 0 Å². The van der Waals surface area contributed by atoms with Crippen LogP contribution in [0.4, 0.5) is 5.69 Å². The molecule has 1 aromatic heterocycles. The normalized spacial score (nSPS) is 15.1. The summed E-state index contributed by atoms with van der Waals surface area (Å²) in [6, 6.07) is 12.5. The van der Waals surface area contributed by atoms with E-state index in [1.807, 2.05) is 47.4 Å². The second-order valence-electron chi connectivity index (χ2n) is 15.3. The fourth-order valence-corrected chi connectivity index (χ4v) is 7.40. The highest BCUT2D eigenvalue weighted by Gasteiger charge is 2.27. The minimum absolute atomic E-state index is 0.196. The van der Waals surface area contributed by atoms with Crippen LogP contribution >= 0.6 is 12.2 Å². The molecule has 0 saturated carbocycles. The minimum atomic E-state index is -0.997. The number of carboxylic acid groups (broad SMARTS) is 3. The molecule has 12 nitrogen and oxygen atoms in total. The predicted octanol–water partition coefficient (Wildman–Crippen LogP) is 7.58. The van der Waals surface area contributed by atoms with Crippen LogP contribution in [0.15, 0.2) is 54.6 Å². The second-order valence-corrected chi connectivity index (χ2v) is 15.7. The van der Waals surface area contributed by atoms with Crippen molar-refractivity contribution < 1.29 is 29.7 Å². The third-order valence-electron chi connectivity index (χ3n) is 10.4. The number of benzene rings is 1. The molecule has 0 fully saturated rings. The average molecular weight is 809 g/mol. The number of unbranched alkanes of at least 4 members (excludes halogenated alkanes) is 12. The van der Waals surface area contributed by atoms with Gasteiger partial charge in [-0.15, -0.1) is 0 Å². The number of allylic oxidation sites excluding steroid dienone is 2. The number of anilines is 1. The van der Waals surface area contributed by atoms with Crippen LogP contribution in [0.1, 0.15) is 120 Å². The number of nitrogens with one attached hydrogen (secondary N) is 2. The van der Waals surface area contributed by atoms with Crippen LogP contribution in [-0.2, 0) is 33.9 Å². The number of hydrogen-bond acceptors (Lipinski definition) is 8. The number of thiocarbonyl (C=S) groups is 1. The molecule has 2 bridgehead atoms. The molecule has 57 heavy (non-hydrogen) atoms. The van der Waals surface area contributed by atoms with E-state index in [1.54, 1.807) is 9.80 Å². The molecular weight excluding hydrogens is 741 g/mol. The zero-order valence-corrected chi connectivity index (χ0v) is 35.0. The van der Waals surface area contributed by atoms with E-state index in [-0.39, 0.29) is 26.2 Å². The SMILES string of the molecule is CCCCCCCCC=CCCCCCCCCNC(=S)Nc1ccc(CCC(C(=O)O)N2CCN(CC(=O)O)CCN(CC(=O)O)Cc3cccc(n3)C2)cc1. The Morgan fingerprint density at radius 1 is 0.737 bits per heavy atom. The Morgan fingerprint density at radius 3 is 1.93 bits per heavy atom. The van der Waals surface area contributed by atoms with Crippen molar-refractivity contribution in [1.82, 2.24) is 25.0 Å². The zero-order valence-electron chi connectivity index (χ0n) is 34.2. The van der Waals surface area contributed by atoms with Gasteiger partial charge in [-0.3, -0.25) is 34.1 Å². The first kappa shape index (κ1) is 47.5. The van der Waals surface area contributed by atoms with Gasteiger partial charge in [-0.05, 0) is 87.0 Å². The number of nitrogens with zero attached hydrogens (tertiary/aromatic N) is 4. The third kappa shape index (κ3) is 21.4. The minimum Gasteiger partial charge on any atom is -0.480 e. The Morgan fingerprint density at radius 2 is 1.30 bits per heavy atom. The molecule has 1 atom stereocenters. The summed E-state index contributed by atoms with van der Waals surface area (Å²) in [6.07, 6.45) is 23.5. The van der Waals surface area contributed by atoms with E-state index in [0.717, 1.165) is 24.2 Å². The van der Waals surface area contributed by atoms with Crippen molar-refractivity contribution in [2.75, 3.05) is 51.1 Å². The van der Waals surface area contributed by atoms with Crippen LogP contribution in [0.25, 0.3) is 0 Å². The van der Waals surface area contributed by atoms with E-state index < -0.39 is 23.9 Å². The van der Waals surface area contributed by atoms with Gasteiger partial charge in [-0.1, -0.05) is 95.1 Å². The lowest BCUT2D eigenvalue weighted by Crippen LogP contribution is -2.47. The van der Waals surface area contributed by atoms with Crippen LogP contribution in [0.2, 0.25) is 0 Å². The maximum atomic E-state index is 12.7. The van der Waals surface area contributed by atoms with Crippen molar-refractivity contribution in [3.8, 4) is 0 Å². The van der Waals surface area contributed by atoms with E-state index >= 15 is 0 Å². The molecule has 13 heteroatoms. The fourth-order valence-electron chi connectivity index (χ4n) is 7.18. The first-order chi connectivity index (χ1) is 27.6. The van der Waals surface area contributed by atoms with Gasteiger partial charge in [-0.25, -0.2) is 0 Å². The van der Waals surface area contributed by atoms with Crippen LogP contribution in [0, 0.1) is 0 Å². The molecule has 1 unspecified atom stereocenters. The van der Waals surface area contributed by atoms with Gasteiger partial charge in [0.2, 0.25) is 0 Å². The topological polar surface area (TPSA) is 159 Å². The highest BCUT2D eigenvalue weighted by molar-refractivity contribution is 7.80. The predicted molar refractivity (Wildman–Crippen MR) is 231 cm³/mol. The molecular formula is C44H68N6O6S. The zero-order chi connectivity index (χ0) is 41.1. The second kappa shape index (κ2) is 28.5. The van der Waals surface area contributed by atoms with Crippen molar-refractivity contribution in [2.45, 2.75) is 129 Å². The number of aliphatic carboxylic acids is 3. The molecule has 3 rings (SSSR count). The van der Waals surface area contributed by atoms with E-state index in [4.69, 9.17) is 17.2 Å². The number of aryl methyl sites for hydroxylation is 1. The number of hydrogen-bond donors (Lipinski definition) is 5. The lowest BCUT2D eigenvalue weighted by atomic mass is 10.0. The maximum Gasteiger partial charge on any atom is 0.320 e. The van der Waals surface area contributed by atoms with Crippen molar-refractivity contribution in [2.24, 2.45) is 0 Å². The highest BCUT2D eigenvalue weighted by Crippen LogP contribution is 2.18. The summed E-state index contributed by atoms with van der Waals surface area (Å²) in [5.74, 6) is -2.92. The number of pyridine rings is 1.